The molecule has 4 nitrogen and oxygen atoms in total. The standard InChI is InChI=1S/C15H18Cl2N2O2/c1-10(16)14-18-12-4-3-11(17)7-13(12)19(14)8-15(20-2)5-6-21-9-15/h3-4,7,10H,5-6,8-9H2,1-2H3. The average molecular weight is 329 g/mol. The molecule has 114 valence electrons. The third-order valence-corrected chi connectivity index (χ3v) is 4.47. The Kier molecular flexibility index (Phi) is 4.14. The highest BCUT2D eigenvalue weighted by Gasteiger charge is 2.36. The van der Waals surface area contributed by atoms with E-state index >= 15 is 0 Å². The molecule has 1 aromatic carbocycles. The monoisotopic (exact) mass is 328 g/mol. The summed E-state index contributed by atoms with van der Waals surface area (Å²) in [7, 11) is 1.73. The lowest BCUT2D eigenvalue weighted by atomic mass is 10.0. The molecule has 3 rings (SSSR count). The number of imidazole rings is 1. The van der Waals surface area contributed by atoms with Crippen molar-refractivity contribution in [1.82, 2.24) is 9.55 Å². The molecule has 1 saturated heterocycles. The molecule has 1 aliphatic rings. The molecule has 0 N–H and O–H groups in total. The first-order valence-corrected chi connectivity index (χ1v) is 7.79. The molecule has 1 aliphatic heterocycles. The summed E-state index contributed by atoms with van der Waals surface area (Å²) < 4.78 is 13.4. The maximum absolute atomic E-state index is 6.31. The number of rotatable bonds is 4. The number of ether oxygens (including phenoxy) is 2. The maximum Gasteiger partial charge on any atom is 0.127 e. The minimum atomic E-state index is -0.323. The van der Waals surface area contributed by atoms with E-state index < -0.39 is 0 Å². The van der Waals surface area contributed by atoms with Crippen LogP contribution in [-0.2, 0) is 16.0 Å². The van der Waals surface area contributed by atoms with Crippen molar-refractivity contribution in [2.75, 3.05) is 20.3 Å². The van der Waals surface area contributed by atoms with Gasteiger partial charge in [0.05, 0.1) is 29.6 Å². The number of nitrogens with zero attached hydrogens (tertiary/aromatic N) is 2. The van der Waals surface area contributed by atoms with Crippen LogP contribution in [0.4, 0.5) is 0 Å². The van der Waals surface area contributed by atoms with Crippen molar-refractivity contribution in [1.29, 1.82) is 0 Å². The molecule has 1 aromatic heterocycles. The van der Waals surface area contributed by atoms with Crippen molar-refractivity contribution >= 4 is 34.2 Å². The topological polar surface area (TPSA) is 36.3 Å². The zero-order valence-electron chi connectivity index (χ0n) is 12.1. The fraction of sp³-hybridized carbons (Fsp3) is 0.533. The second kappa shape index (κ2) is 5.76. The zero-order chi connectivity index (χ0) is 15.0. The van der Waals surface area contributed by atoms with E-state index in [1.165, 1.54) is 0 Å². The number of benzene rings is 1. The molecule has 2 unspecified atom stereocenters. The molecular weight excluding hydrogens is 311 g/mol. The van der Waals surface area contributed by atoms with E-state index in [0.29, 0.717) is 24.8 Å². The fourth-order valence-electron chi connectivity index (χ4n) is 2.81. The summed E-state index contributed by atoms with van der Waals surface area (Å²) in [5, 5.41) is 0.499. The first kappa shape index (κ1) is 15.1. The zero-order valence-corrected chi connectivity index (χ0v) is 13.6. The van der Waals surface area contributed by atoms with E-state index in [1.54, 1.807) is 7.11 Å². The van der Waals surface area contributed by atoms with Gasteiger partial charge in [-0.2, -0.15) is 0 Å². The largest absolute Gasteiger partial charge is 0.378 e. The SMILES string of the molecule is COC1(Cn2c(C(C)Cl)nc3ccc(Cl)cc32)CCOC1. The molecular formula is C15H18Cl2N2O2. The van der Waals surface area contributed by atoms with Crippen LogP contribution < -0.4 is 0 Å². The van der Waals surface area contributed by atoms with Gasteiger partial charge in [0.15, 0.2) is 0 Å². The predicted octanol–water partition coefficient (Wildman–Crippen LogP) is 3.80. The molecule has 2 heterocycles. The third-order valence-electron chi connectivity index (χ3n) is 4.04. The Labute approximate surface area is 133 Å². The van der Waals surface area contributed by atoms with Gasteiger partial charge in [-0.1, -0.05) is 11.6 Å². The smallest absolute Gasteiger partial charge is 0.127 e. The average Bonchev–Trinajstić information content (AvgIpc) is 3.05. The molecule has 0 amide bonds. The minimum absolute atomic E-state index is 0.188. The van der Waals surface area contributed by atoms with E-state index in [0.717, 1.165) is 23.3 Å². The van der Waals surface area contributed by atoms with Gasteiger partial charge in [0, 0.05) is 25.2 Å². The van der Waals surface area contributed by atoms with Crippen LogP contribution in [0.15, 0.2) is 18.2 Å². The molecule has 2 atom stereocenters. The van der Waals surface area contributed by atoms with Crippen molar-refractivity contribution in [3.63, 3.8) is 0 Å². The van der Waals surface area contributed by atoms with Gasteiger partial charge in [0.1, 0.15) is 11.4 Å². The highest BCUT2D eigenvalue weighted by Crippen LogP contribution is 2.31. The summed E-state index contributed by atoms with van der Waals surface area (Å²) in [6, 6.07) is 5.68. The lowest BCUT2D eigenvalue weighted by molar-refractivity contribution is -0.0292. The highest BCUT2D eigenvalue weighted by molar-refractivity contribution is 6.31. The summed E-state index contributed by atoms with van der Waals surface area (Å²) in [5.41, 5.74) is 1.55. The van der Waals surface area contributed by atoms with Crippen molar-refractivity contribution in [3.8, 4) is 0 Å². The van der Waals surface area contributed by atoms with Gasteiger partial charge in [-0.3, -0.25) is 0 Å². The first-order chi connectivity index (χ1) is 10.0. The van der Waals surface area contributed by atoms with Crippen LogP contribution in [-0.4, -0.2) is 35.5 Å². The highest BCUT2D eigenvalue weighted by atomic mass is 35.5. The molecule has 0 spiro atoms. The molecule has 1 fully saturated rings. The van der Waals surface area contributed by atoms with Gasteiger partial charge >= 0.3 is 0 Å². The molecule has 6 heteroatoms. The Balaban J connectivity index is 2.10. The predicted molar refractivity (Wildman–Crippen MR) is 84.2 cm³/mol. The Bertz CT molecular complexity index is 648. The van der Waals surface area contributed by atoms with Crippen molar-refractivity contribution in [3.05, 3.63) is 29.0 Å². The number of fused-ring (bicyclic) bond motifs is 1. The Morgan fingerprint density at radius 2 is 2.33 bits per heavy atom. The number of aromatic nitrogens is 2. The van der Waals surface area contributed by atoms with E-state index in [2.05, 4.69) is 9.55 Å². The number of hydrogen-bond donors (Lipinski definition) is 0. The van der Waals surface area contributed by atoms with E-state index in [9.17, 15) is 0 Å². The van der Waals surface area contributed by atoms with Crippen LogP contribution in [0, 0.1) is 0 Å². The third kappa shape index (κ3) is 2.78. The fourth-order valence-corrected chi connectivity index (χ4v) is 3.14. The van der Waals surface area contributed by atoms with Crippen molar-refractivity contribution in [2.24, 2.45) is 0 Å². The van der Waals surface area contributed by atoms with Gasteiger partial charge < -0.3 is 14.0 Å². The van der Waals surface area contributed by atoms with Crippen LogP contribution in [0.3, 0.4) is 0 Å². The molecule has 0 radical (unpaired) electrons. The summed E-state index contributed by atoms with van der Waals surface area (Å²) >= 11 is 12.4. The minimum Gasteiger partial charge on any atom is -0.378 e. The lowest BCUT2D eigenvalue weighted by Crippen LogP contribution is -2.37. The van der Waals surface area contributed by atoms with Crippen LogP contribution >= 0.6 is 23.2 Å². The van der Waals surface area contributed by atoms with E-state index in [-0.39, 0.29) is 11.0 Å². The second-order valence-electron chi connectivity index (χ2n) is 5.49. The van der Waals surface area contributed by atoms with E-state index in [1.807, 2.05) is 25.1 Å². The summed E-state index contributed by atoms with van der Waals surface area (Å²) in [5.74, 6) is 0.831. The lowest BCUT2D eigenvalue weighted by Gasteiger charge is -2.27. The number of hydrogen-bond acceptors (Lipinski definition) is 3. The summed E-state index contributed by atoms with van der Waals surface area (Å²) in [4.78, 5) is 4.64. The number of alkyl halides is 1. The van der Waals surface area contributed by atoms with Gasteiger partial charge in [-0.25, -0.2) is 4.98 Å². The summed E-state index contributed by atoms with van der Waals surface area (Å²) in [6.07, 6.45) is 0.861. The Hall–Kier alpha value is -0.810. The summed E-state index contributed by atoms with van der Waals surface area (Å²) in [6.45, 7) is 3.88. The Morgan fingerprint density at radius 1 is 1.52 bits per heavy atom. The van der Waals surface area contributed by atoms with Gasteiger partial charge in [-0.05, 0) is 25.1 Å². The number of halogens is 2. The molecule has 2 aromatic rings. The van der Waals surface area contributed by atoms with Gasteiger partial charge in [0.2, 0.25) is 0 Å². The first-order valence-electron chi connectivity index (χ1n) is 6.97. The quantitative estimate of drug-likeness (QED) is 0.801. The second-order valence-corrected chi connectivity index (χ2v) is 6.59. The molecule has 0 bridgehead atoms. The molecule has 0 aliphatic carbocycles. The molecule has 21 heavy (non-hydrogen) atoms. The van der Waals surface area contributed by atoms with Crippen LogP contribution in [0.5, 0.6) is 0 Å². The van der Waals surface area contributed by atoms with Crippen molar-refractivity contribution < 1.29 is 9.47 Å². The molecule has 0 saturated carbocycles. The normalized spacial score (nSPS) is 23.8. The van der Waals surface area contributed by atoms with Crippen molar-refractivity contribution in [2.45, 2.75) is 30.9 Å². The van der Waals surface area contributed by atoms with Gasteiger partial charge in [-0.15, -0.1) is 11.6 Å². The maximum atomic E-state index is 6.31. The van der Waals surface area contributed by atoms with E-state index in [4.69, 9.17) is 32.7 Å². The van der Waals surface area contributed by atoms with Gasteiger partial charge in [0.25, 0.3) is 0 Å². The van der Waals surface area contributed by atoms with Crippen LogP contribution in [0.25, 0.3) is 11.0 Å². The van der Waals surface area contributed by atoms with Crippen LogP contribution in [0.2, 0.25) is 5.02 Å². The Morgan fingerprint density at radius 3 is 2.95 bits per heavy atom. The van der Waals surface area contributed by atoms with Crippen LogP contribution in [0.1, 0.15) is 24.5 Å². The number of methoxy groups -OCH3 is 1.